The molecule has 0 N–H and O–H groups in total. The van der Waals surface area contributed by atoms with Gasteiger partial charge in [0.15, 0.2) is 0 Å². The lowest BCUT2D eigenvalue weighted by molar-refractivity contribution is 0.0649. The third-order valence-corrected chi connectivity index (χ3v) is 4.80. The topological polar surface area (TPSA) is 20.3 Å². The Bertz CT molecular complexity index is 455. The Morgan fingerprint density at radius 3 is 2.30 bits per heavy atom. The van der Waals surface area contributed by atoms with Crippen LogP contribution in [0.4, 0.5) is 0 Å². The molecule has 0 heterocycles. The van der Waals surface area contributed by atoms with Gasteiger partial charge in [0.1, 0.15) is 0 Å². The molecule has 1 saturated carbocycles. The van der Waals surface area contributed by atoms with Gasteiger partial charge in [-0.15, -0.1) is 11.6 Å². The van der Waals surface area contributed by atoms with Crippen LogP contribution in [-0.4, -0.2) is 29.3 Å². The van der Waals surface area contributed by atoms with Crippen molar-refractivity contribution in [2.75, 3.05) is 12.4 Å². The maximum atomic E-state index is 12.8. The number of benzene rings is 1. The average molecular weight is 424 g/mol. The molecular formula is C15H18Br2ClNO. The molecule has 1 aliphatic rings. The summed E-state index contributed by atoms with van der Waals surface area (Å²) in [5.41, 5.74) is 0.710. The molecule has 0 saturated heterocycles. The third kappa shape index (κ3) is 4.22. The van der Waals surface area contributed by atoms with Crippen LogP contribution in [0.25, 0.3) is 0 Å². The number of nitrogens with zero attached hydrogens (tertiary/aromatic N) is 1. The standard InChI is InChI=1S/C15H18Br2ClNO/c16-12-8-11(9-13(17)10-12)15(20)19(7-6-18)14-4-2-1-3-5-14/h8-10,14H,1-7H2. The zero-order valence-corrected chi connectivity index (χ0v) is 15.2. The van der Waals surface area contributed by atoms with E-state index in [0.717, 1.165) is 21.8 Å². The van der Waals surface area contributed by atoms with Gasteiger partial charge in [-0.05, 0) is 31.0 Å². The SMILES string of the molecule is O=C(c1cc(Br)cc(Br)c1)N(CCCl)C1CCCCC1. The Labute approximate surface area is 142 Å². The molecule has 1 amide bonds. The highest BCUT2D eigenvalue weighted by Crippen LogP contribution is 2.26. The zero-order valence-electron chi connectivity index (χ0n) is 11.2. The first-order valence-corrected chi connectivity index (χ1v) is 9.07. The summed E-state index contributed by atoms with van der Waals surface area (Å²) in [5, 5.41) is 0. The molecule has 20 heavy (non-hydrogen) atoms. The summed E-state index contributed by atoms with van der Waals surface area (Å²) in [5.74, 6) is 0.566. The van der Waals surface area contributed by atoms with E-state index >= 15 is 0 Å². The summed E-state index contributed by atoms with van der Waals surface area (Å²) in [6, 6.07) is 6.02. The van der Waals surface area contributed by atoms with E-state index in [1.165, 1.54) is 19.3 Å². The van der Waals surface area contributed by atoms with Gasteiger partial charge in [0, 0.05) is 33.0 Å². The molecule has 0 spiro atoms. The number of amides is 1. The van der Waals surface area contributed by atoms with Crippen molar-refractivity contribution in [1.29, 1.82) is 0 Å². The number of halogens is 3. The molecule has 0 radical (unpaired) electrons. The lowest BCUT2D eigenvalue weighted by Gasteiger charge is -2.34. The van der Waals surface area contributed by atoms with Gasteiger partial charge in [-0.1, -0.05) is 51.1 Å². The quantitative estimate of drug-likeness (QED) is 0.608. The normalized spacial score (nSPS) is 16.1. The highest BCUT2D eigenvalue weighted by Gasteiger charge is 2.26. The molecule has 110 valence electrons. The van der Waals surface area contributed by atoms with E-state index in [9.17, 15) is 4.79 Å². The fourth-order valence-corrected chi connectivity index (χ4v) is 4.25. The van der Waals surface area contributed by atoms with Crippen molar-refractivity contribution in [2.45, 2.75) is 38.1 Å². The van der Waals surface area contributed by atoms with E-state index < -0.39 is 0 Å². The molecule has 1 aromatic carbocycles. The Kier molecular flexibility index (Phi) is 6.37. The van der Waals surface area contributed by atoms with Crippen molar-refractivity contribution in [2.24, 2.45) is 0 Å². The smallest absolute Gasteiger partial charge is 0.254 e. The summed E-state index contributed by atoms with van der Waals surface area (Å²) in [6.07, 6.45) is 5.88. The number of hydrogen-bond donors (Lipinski definition) is 0. The van der Waals surface area contributed by atoms with Gasteiger partial charge in [0.2, 0.25) is 0 Å². The third-order valence-electron chi connectivity index (χ3n) is 3.71. The summed E-state index contributed by atoms with van der Waals surface area (Å²) >= 11 is 12.8. The maximum absolute atomic E-state index is 12.8. The Morgan fingerprint density at radius 1 is 1.15 bits per heavy atom. The van der Waals surface area contributed by atoms with Crippen LogP contribution in [-0.2, 0) is 0 Å². The van der Waals surface area contributed by atoms with Gasteiger partial charge >= 0.3 is 0 Å². The van der Waals surface area contributed by atoms with Crippen molar-refractivity contribution in [3.8, 4) is 0 Å². The van der Waals surface area contributed by atoms with Crippen LogP contribution >= 0.6 is 43.5 Å². The Hall–Kier alpha value is -0.0600. The Morgan fingerprint density at radius 2 is 1.75 bits per heavy atom. The second kappa shape index (κ2) is 7.81. The first-order chi connectivity index (χ1) is 9.61. The van der Waals surface area contributed by atoms with Crippen LogP contribution in [0.15, 0.2) is 27.1 Å². The molecule has 2 nitrogen and oxygen atoms in total. The number of alkyl halides is 1. The van der Waals surface area contributed by atoms with Gasteiger partial charge in [0.25, 0.3) is 5.91 Å². The second-order valence-corrected chi connectivity index (χ2v) is 7.35. The number of hydrogen-bond acceptors (Lipinski definition) is 1. The molecule has 0 atom stereocenters. The molecule has 2 rings (SSSR count). The number of carbonyl (C=O) groups excluding carboxylic acids is 1. The van der Waals surface area contributed by atoms with Crippen molar-refractivity contribution in [1.82, 2.24) is 4.90 Å². The van der Waals surface area contributed by atoms with E-state index in [0.29, 0.717) is 24.0 Å². The second-order valence-electron chi connectivity index (χ2n) is 5.14. The minimum Gasteiger partial charge on any atom is -0.334 e. The summed E-state index contributed by atoms with van der Waals surface area (Å²) in [7, 11) is 0. The van der Waals surface area contributed by atoms with E-state index in [4.69, 9.17) is 11.6 Å². The fourth-order valence-electron chi connectivity index (χ4n) is 2.78. The van der Waals surface area contributed by atoms with E-state index in [-0.39, 0.29) is 5.91 Å². The lowest BCUT2D eigenvalue weighted by atomic mass is 9.93. The highest BCUT2D eigenvalue weighted by atomic mass is 79.9. The van der Waals surface area contributed by atoms with Crippen molar-refractivity contribution in [3.05, 3.63) is 32.7 Å². The predicted molar refractivity (Wildman–Crippen MR) is 90.5 cm³/mol. The van der Waals surface area contributed by atoms with Crippen LogP contribution < -0.4 is 0 Å². The van der Waals surface area contributed by atoms with E-state index in [2.05, 4.69) is 31.9 Å². The molecule has 1 aromatic rings. The monoisotopic (exact) mass is 421 g/mol. The van der Waals surface area contributed by atoms with E-state index in [1.807, 2.05) is 23.1 Å². The maximum Gasteiger partial charge on any atom is 0.254 e. The fraction of sp³-hybridized carbons (Fsp3) is 0.533. The average Bonchev–Trinajstić information content (AvgIpc) is 2.44. The van der Waals surface area contributed by atoms with Crippen molar-refractivity contribution < 1.29 is 4.79 Å². The molecule has 1 aliphatic carbocycles. The molecule has 0 aromatic heterocycles. The van der Waals surface area contributed by atoms with Crippen molar-refractivity contribution >= 4 is 49.4 Å². The minimum atomic E-state index is 0.0829. The summed E-state index contributed by atoms with van der Waals surface area (Å²) in [6.45, 7) is 0.620. The molecule has 1 fully saturated rings. The highest BCUT2D eigenvalue weighted by molar-refractivity contribution is 9.11. The first-order valence-electron chi connectivity index (χ1n) is 6.95. The van der Waals surface area contributed by atoms with Crippen LogP contribution in [0, 0.1) is 0 Å². The van der Waals surface area contributed by atoms with E-state index in [1.54, 1.807) is 0 Å². The van der Waals surface area contributed by atoms with Crippen molar-refractivity contribution in [3.63, 3.8) is 0 Å². The van der Waals surface area contributed by atoms with Gasteiger partial charge in [-0.25, -0.2) is 0 Å². The van der Waals surface area contributed by atoms with Crippen LogP contribution in [0.2, 0.25) is 0 Å². The van der Waals surface area contributed by atoms with Crippen LogP contribution in [0.3, 0.4) is 0 Å². The van der Waals surface area contributed by atoms with Gasteiger partial charge in [-0.3, -0.25) is 4.79 Å². The van der Waals surface area contributed by atoms with Crippen LogP contribution in [0.5, 0.6) is 0 Å². The van der Waals surface area contributed by atoms with Gasteiger partial charge < -0.3 is 4.90 Å². The summed E-state index contributed by atoms with van der Waals surface area (Å²) < 4.78 is 1.81. The predicted octanol–water partition coefficient (Wildman–Crippen LogP) is 5.23. The first kappa shape index (κ1) is 16.3. The number of rotatable bonds is 4. The summed E-state index contributed by atoms with van der Waals surface area (Å²) in [4.78, 5) is 14.7. The zero-order chi connectivity index (χ0) is 14.5. The largest absolute Gasteiger partial charge is 0.334 e. The van der Waals surface area contributed by atoms with Gasteiger partial charge in [-0.2, -0.15) is 0 Å². The molecule has 0 aliphatic heterocycles. The lowest BCUT2D eigenvalue weighted by Crippen LogP contribution is -2.42. The number of carbonyl (C=O) groups is 1. The van der Waals surface area contributed by atoms with Gasteiger partial charge in [0.05, 0.1) is 0 Å². The molecule has 0 unspecified atom stereocenters. The Balaban J connectivity index is 2.20. The molecule has 5 heteroatoms. The minimum absolute atomic E-state index is 0.0829. The van der Waals surface area contributed by atoms with Crippen LogP contribution in [0.1, 0.15) is 42.5 Å². The molecular weight excluding hydrogens is 405 g/mol. The molecule has 0 bridgehead atoms.